The average Bonchev–Trinajstić information content (AvgIpc) is 2.82. The van der Waals surface area contributed by atoms with Gasteiger partial charge in [-0.2, -0.15) is 29.0 Å². The lowest BCUT2D eigenvalue weighted by Crippen LogP contribution is -2.49. The minimum absolute atomic E-state index is 0.0316. The van der Waals surface area contributed by atoms with E-state index in [1.165, 1.54) is 30.3 Å². The van der Waals surface area contributed by atoms with Gasteiger partial charge in [-0.3, -0.25) is 18.8 Å². The van der Waals surface area contributed by atoms with Crippen molar-refractivity contribution in [3.63, 3.8) is 0 Å². The SMILES string of the molecule is CCS(O)(O)c1cc(C#N)ccc1[C@@H]1NC(=O)N(c2cccc(C(F)(F)F)c2)C2=C1C(=O)CCC2. The van der Waals surface area contributed by atoms with Crippen LogP contribution >= 0.6 is 10.6 Å². The number of ketones is 1. The third-order valence-corrected chi connectivity index (χ3v) is 7.96. The number of allylic oxidation sites excluding steroid dienone is 1. The topological polar surface area (TPSA) is 114 Å². The highest BCUT2D eigenvalue weighted by atomic mass is 32.3. The number of hydrogen-bond donors (Lipinski definition) is 3. The Morgan fingerprint density at radius 1 is 1.17 bits per heavy atom. The maximum atomic E-state index is 13.3. The summed E-state index contributed by atoms with van der Waals surface area (Å²) in [5.41, 5.74) is -0.0702. The van der Waals surface area contributed by atoms with Gasteiger partial charge in [-0.1, -0.05) is 12.1 Å². The summed E-state index contributed by atoms with van der Waals surface area (Å²) >= 11 is 0. The van der Waals surface area contributed by atoms with Crippen molar-refractivity contribution in [1.82, 2.24) is 5.32 Å². The highest BCUT2D eigenvalue weighted by molar-refractivity contribution is 8.24. The summed E-state index contributed by atoms with van der Waals surface area (Å²) in [6.07, 6.45) is -3.75. The molecule has 1 aliphatic heterocycles. The Bertz CT molecular complexity index is 1280. The van der Waals surface area contributed by atoms with Crippen molar-refractivity contribution in [2.45, 2.75) is 43.3 Å². The molecular weight excluding hydrogens is 483 g/mol. The van der Waals surface area contributed by atoms with Gasteiger partial charge in [-0.15, -0.1) is 0 Å². The molecule has 0 fully saturated rings. The zero-order valence-electron chi connectivity index (χ0n) is 18.6. The predicted molar refractivity (Wildman–Crippen MR) is 124 cm³/mol. The number of nitriles is 1. The molecule has 4 rings (SSSR count). The lowest BCUT2D eigenvalue weighted by molar-refractivity contribution is -0.137. The largest absolute Gasteiger partial charge is 0.416 e. The van der Waals surface area contributed by atoms with Crippen molar-refractivity contribution in [1.29, 1.82) is 5.26 Å². The smallest absolute Gasteiger partial charge is 0.326 e. The number of benzene rings is 2. The van der Waals surface area contributed by atoms with E-state index in [1.54, 1.807) is 6.92 Å². The van der Waals surface area contributed by atoms with Gasteiger partial charge >= 0.3 is 12.2 Å². The van der Waals surface area contributed by atoms with E-state index in [-0.39, 0.29) is 57.4 Å². The number of carbonyl (C=O) groups excluding carboxylic acids is 2. The van der Waals surface area contributed by atoms with E-state index >= 15 is 0 Å². The second-order valence-corrected chi connectivity index (χ2v) is 10.6. The molecule has 2 amide bonds. The van der Waals surface area contributed by atoms with Crippen LogP contribution in [0.1, 0.15) is 48.9 Å². The Hall–Kier alpha value is -3.33. The molecule has 0 bridgehead atoms. The van der Waals surface area contributed by atoms with E-state index in [1.807, 2.05) is 6.07 Å². The number of carbonyl (C=O) groups is 2. The van der Waals surface area contributed by atoms with Crippen LogP contribution in [0, 0.1) is 11.3 Å². The van der Waals surface area contributed by atoms with Gasteiger partial charge in [-0.25, -0.2) is 4.79 Å². The fourth-order valence-corrected chi connectivity index (χ4v) is 5.59. The van der Waals surface area contributed by atoms with Gasteiger partial charge in [-0.05, 0) is 50.1 Å². The number of halogens is 3. The van der Waals surface area contributed by atoms with E-state index in [9.17, 15) is 37.1 Å². The Balaban J connectivity index is 1.91. The van der Waals surface area contributed by atoms with Crippen LogP contribution in [0.25, 0.3) is 0 Å². The van der Waals surface area contributed by atoms with Crippen LogP contribution in [0.5, 0.6) is 0 Å². The minimum atomic E-state index is -4.61. The highest BCUT2D eigenvalue weighted by Crippen LogP contribution is 2.52. The molecular formula is C24H22F3N3O4S. The van der Waals surface area contributed by atoms with Crippen LogP contribution in [0.4, 0.5) is 23.7 Å². The first-order chi connectivity index (χ1) is 16.5. The van der Waals surface area contributed by atoms with E-state index in [0.717, 1.165) is 17.0 Å². The fraction of sp³-hybridized carbons (Fsp3) is 0.292. The van der Waals surface area contributed by atoms with Crippen molar-refractivity contribution in [2.75, 3.05) is 10.7 Å². The molecule has 35 heavy (non-hydrogen) atoms. The standard InChI is InChI=1S/C24H22F3N3O4S/c1-2-35(33,34)20-11-14(13-28)9-10-17(20)22-21-18(7-4-8-19(21)31)30(23(32)29-22)16-6-3-5-15(12-16)24(25,26)27/h3,5-6,9-12,22,33-34H,2,4,7-8H2,1H3,(H,29,32)/t22-/m0/s1. The molecule has 0 saturated heterocycles. The van der Waals surface area contributed by atoms with Crippen LogP contribution < -0.4 is 10.2 Å². The number of alkyl halides is 3. The number of rotatable bonds is 4. The van der Waals surface area contributed by atoms with Gasteiger partial charge in [0.15, 0.2) is 5.78 Å². The normalized spacial score (nSPS) is 19.2. The number of anilines is 1. The number of nitrogens with one attached hydrogen (secondary N) is 1. The molecule has 3 N–H and O–H groups in total. The van der Waals surface area contributed by atoms with Crippen LogP contribution in [0.2, 0.25) is 0 Å². The summed E-state index contributed by atoms with van der Waals surface area (Å²) in [5, 5.41) is 12.0. The van der Waals surface area contributed by atoms with Crippen molar-refractivity contribution >= 4 is 28.1 Å². The van der Waals surface area contributed by atoms with Crippen molar-refractivity contribution < 1.29 is 31.9 Å². The molecule has 0 saturated carbocycles. The Morgan fingerprint density at radius 3 is 2.57 bits per heavy atom. The maximum Gasteiger partial charge on any atom is 0.416 e. The van der Waals surface area contributed by atoms with E-state index in [2.05, 4.69) is 5.32 Å². The molecule has 1 heterocycles. The van der Waals surface area contributed by atoms with Gasteiger partial charge in [0, 0.05) is 29.0 Å². The first kappa shape index (κ1) is 24.8. The number of amides is 2. The van der Waals surface area contributed by atoms with Crippen LogP contribution in [-0.4, -0.2) is 26.7 Å². The lowest BCUT2D eigenvalue weighted by Gasteiger charge is -2.41. The fourth-order valence-electron chi connectivity index (χ4n) is 4.40. The van der Waals surface area contributed by atoms with Crippen LogP contribution in [-0.2, 0) is 11.0 Å². The van der Waals surface area contributed by atoms with E-state index in [0.29, 0.717) is 6.42 Å². The summed E-state index contributed by atoms with van der Waals surface area (Å²) in [6.45, 7) is 1.56. The zero-order valence-corrected chi connectivity index (χ0v) is 19.4. The number of hydrogen-bond acceptors (Lipinski definition) is 5. The summed E-state index contributed by atoms with van der Waals surface area (Å²) in [7, 11) is -3.35. The molecule has 2 aromatic rings. The molecule has 0 unspecified atom stereocenters. The molecule has 7 nitrogen and oxygen atoms in total. The quantitative estimate of drug-likeness (QED) is 0.473. The van der Waals surface area contributed by atoms with Gasteiger partial charge in [0.2, 0.25) is 0 Å². The summed E-state index contributed by atoms with van der Waals surface area (Å²) in [6, 6.07) is 8.69. The molecule has 11 heteroatoms. The van der Waals surface area contributed by atoms with Gasteiger partial charge in [0.1, 0.15) is 0 Å². The number of urea groups is 1. The first-order valence-electron chi connectivity index (χ1n) is 10.8. The van der Waals surface area contributed by atoms with E-state index in [4.69, 9.17) is 0 Å². The molecule has 0 radical (unpaired) electrons. The van der Waals surface area contributed by atoms with Gasteiger partial charge < -0.3 is 5.32 Å². The molecule has 184 valence electrons. The van der Waals surface area contributed by atoms with Crippen molar-refractivity contribution in [3.8, 4) is 6.07 Å². The summed E-state index contributed by atoms with van der Waals surface area (Å²) in [5.74, 6) is -0.345. The molecule has 0 spiro atoms. The Kier molecular flexibility index (Phi) is 6.40. The van der Waals surface area contributed by atoms with Crippen molar-refractivity contribution in [3.05, 3.63) is 70.4 Å². The maximum absolute atomic E-state index is 13.3. The van der Waals surface area contributed by atoms with Crippen LogP contribution in [0.15, 0.2) is 58.6 Å². The summed E-state index contributed by atoms with van der Waals surface area (Å²) < 4.78 is 61.3. The predicted octanol–water partition coefficient (Wildman–Crippen LogP) is 5.98. The first-order valence-corrected chi connectivity index (χ1v) is 12.5. The third kappa shape index (κ3) is 4.52. The molecule has 2 aromatic carbocycles. The third-order valence-electron chi connectivity index (χ3n) is 6.10. The number of nitrogens with zero attached hydrogens (tertiary/aromatic N) is 2. The Labute approximate surface area is 201 Å². The van der Waals surface area contributed by atoms with Crippen LogP contribution in [0.3, 0.4) is 0 Å². The molecule has 0 aromatic heterocycles. The second kappa shape index (κ2) is 9.03. The molecule has 2 aliphatic rings. The Morgan fingerprint density at radius 2 is 1.91 bits per heavy atom. The van der Waals surface area contributed by atoms with E-state index < -0.39 is 34.4 Å². The van der Waals surface area contributed by atoms with Crippen molar-refractivity contribution in [2.24, 2.45) is 0 Å². The zero-order chi connectivity index (χ0) is 25.5. The summed E-state index contributed by atoms with van der Waals surface area (Å²) in [4.78, 5) is 27.5. The second-order valence-electron chi connectivity index (χ2n) is 8.22. The number of Topliss-reactive ketones (excluding diaryl/α,β-unsaturated/α-hetero) is 1. The molecule has 1 atom stereocenters. The monoisotopic (exact) mass is 505 g/mol. The average molecular weight is 506 g/mol. The minimum Gasteiger partial charge on any atom is -0.326 e. The molecule has 1 aliphatic carbocycles. The van der Waals surface area contributed by atoms with Gasteiger partial charge in [0.05, 0.1) is 33.8 Å². The highest BCUT2D eigenvalue weighted by Gasteiger charge is 2.42. The van der Waals surface area contributed by atoms with Gasteiger partial charge in [0.25, 0.3) is 0 Å². The lowest BCUT2D eigenvalue weighted by atomic mass is 9.84.